The number of carbonyl (C=O) groups excluding carboxylic acids is 1. The Hall–Kier alpha value is -1.30. The molecule has 0 atom stereocenters. The van der Waals surface area contributed by atoms with Crippen molar-refractivity contribution in [3.05, 3.63) is 0 Å². The molecule has 76 valence electrons. The minimum absolute atomic E-state index is 0.00273. The van der Waals surface area contributed by atoms with Gasteiger partial charge in [0, 0.05) is 6.54 Å². The molecule has 6 N–H and O–H groups in total. The van der Waals surface area contributed by atoms with Crippen LogP contribution in [0.2, 0.25) is 0 Å². The molecule has 0 aromatic carbocycles. The van der Waals surface area contributed by atoms with Gasteiger partial charge in [0.1, 0.15) is 6.54 Å². The molecule has 0 aliphatic heterocycles. The molecule has 0 heterocycles. The Balaban J connectivity index is 3.63. The molecule has 0 aliphatic rings. The van der Waals surface area contributed by atoms with Crippen LogP contribution in [0, 0.1) is 5.92 Å². The summed E-state index contributed by atoms with van der Waals surface area (Å²) in [5, 5.41) is 2.69. The van der Waals surface area contributed by atoms with Gasteiger partial charge in [-0.05, 0) is 5.92 Å². The van der Waals surface area contributed by atoms with Crippen LogP contribution in [0.5, 0.6) is 0 Å². The highest BCUT2D eigenvalue weighted by molar-refractivity contribution is 5.83. The molecule has 0 aromatic rings. The van der Waals surface area contributed by atoms with Gasteiger partial charge in [0.25, 0.3) is 0 Å². The van der Waals surface area contributed by atoms with Crippen LogP contribution in [-0.4, -0.2) is 25.0 Å². The molecule has 1 amide bonds. The maximum atomic E-state index is 11.0. The molecule has 0 fully saturated rings. The number of hydrogen-bond acceptors (Lipinski definition) is 3. The predicted molar refractivity (Wildman–Crippen MR) is 51.7 cm³/mol. The Bertz CT molecular complexity index is 189. The normalized spacial score (nSPS) is 11.5. The predicted octanol–water partition coefficient (Wildman–Crippen LogP) is -1.46. The van der Waals surface area contributed by atoms with Crippen LogP contribution in [0.3, 0.4) is 0 Å². The molecule has 0 rings (SSSR count). The molecule has 0 saturated heterocycles. The fraction of sp³-hybridized carbons (Fsp3) is 0.714. The number of amides is 1. The van der Waals surface area contributed by atoms with Crippen molar-refractivity contribution in [2.45, 2.75) is 13.8 Å². The monoisotopic (exact) mass is 187 g/mol. The van der Waals surface area contributed by atoms with Crippen molar-refractivity contribution in [1.29, 1.82) is 0 Å². The van der Waals surface area contributed by atoms with Gasteiger partial charge < -0.3 is 11.1 Å². The van der Waals surface area contributed by atoms with E-state index >= 15 is 0 Å². The van der Waals surface area contributed by atoms with E-state index in [-0.39, 0.29) is 18.4 Å². The second kappa shape index (κ2) is 6.24. The van der Waals surface area contributed by atoms with Crippen LogP contribution in [-0.2, 0) is 4.79 Å². The second-order valence-corrected chi connectivity index (χ2v) is 3.04. The maximum absolute atomic E-state index is 11.0. The van der Waals surface area contributed by atoms with E-state index in [0.717, 1.165) is 0 Å². The van der Waals surface area contributed by atoms with Gasteiger partial charge in [-0.25, -0.2) is 10.8 Å². The molecule has 13 heavy (non-hydrogen) atoms. The number of nitrogens with one attached hydrogen (secondary N) is 2. The Morgan fingerprint density at radius 3 is 2.62 bits per heavy atom. The van der Waals surface area contributed by atoms with Crippen molar-refractivity contribution < 1.29 is 4.79 Å². The lowest BCUT2D eigenvalue weighted by atomic mass is 10.2. The first-order valence-electron chi connectivity index (χ1n) is 4.09. The molecular weight excluding hydrogens is 170 g/mol. The van der Waals surface area contributed by atoms with Crippen LogP contribution in [0.4, 0.5) is 0 Å². The van der Waals surface area contributed by atoms with E-state index < -0.39 is 0 Å². The number of nitrogens with zero attached hydrogens (tertiary/aromatic N) is 1. The summed E-state index contributed by atoms with van der Waals surface area (Å²) in [4.78, 5) is 14.7. The third-order valence-electron chi connectivity index (χ3n) is 1.25. The highest BCUT2D eigenvalue weighted by Crippen LogP contribution is 1.86. The molecular formula is C7H17N5O. The second-order valence-electron chi connectivity index (χ2n) is 3.04. The SMILES string of the molecule is CC(C)CNC(=O)CN=C(N)NN. The molecule has 0 bridgehead atoms. The van der Waals surface area contributed by atoms with Gasteiger partial charge in [0.05, 0.1) is 0 Å². The third kappa shape index (κ3) is 7.07. The van der Waals surface area contributed by atoms with Crippen molar-refractivity contribution in [3.8, 4) is 0 Å². The van der Waals surface area contributed by atoms with Gasteiger partial charge in [0.15, 0.2) is 0 Å². The number of carbonyl (C=O) groups is 1. The number of rotatable bonds is 4. The largest absolute Gasteiger partial charge is 0.369 e. The van der Waals surface area contributed by atoms with Crippen LogP contribution < -0.4 is 22.3 Å². The van der Waals surface area contributed by atoms with Crippen molar-refractivity contribution >= 4 is 11.9 Å². The zero-order chi connectivity index (χ0) is 10.3. The van der Waals surface area contributed by atoms with Crippen molar-refractivity contribution in [2.75, 3.05) is 13.1 Å². The molecule has 0 saturated carbocycles. The minimum atomic E-state index is -0.160. The average molecular weight is 187 g/mol. The van der Waals surface area contributed by atoms with Crippen molar-refractivity contribution in [1.82, 2.24) is 10.7 Å². The highest BCUT2D eigenvalue weighted by Gasteiger charge is 2.00. The number of guanidine groups is 1. The lowest BCUT2D eigenvalue weighted by Gasteiger charge is -2.05. The summed E-state index contributed by atoms with van der Waals surface area (Å²) in [6, 6.07) is 0. The first-order chi connectivity index (χ1) is 6.06. The van der Waals surface area contributed by atoms with E-state index in [2.05, 4.69) is 15.7 Å². The van der Waals surface area contributed by atoms with Crippen LogP contribution >= 0.6 is 0 Å². The van der Waals surface area contributed by atoms with E-state index in [9.17, 15) is 4.79 Å². The van der Waals surface area contributed by atoms with Crippen LogP contribution in [0.15, 0.2) is 4.99 Å². The summed E-state index contributed by atoms with van der Waals surface area (Å²) in [5.74, 6) is 5.27. The maximum Gasteiger partial charge on any atom is 0.241 e. The van der Waals surface area contributed by atoms with Gasteiger partial charge in [-0.15, -0.1) is 0 Å². The molecule has 6 nitrogen and oxygen atoms in total. The highest BCUT2D eigenvalue weighted by atomic mass is 16.1. The fourth-order valence-electron chi connectivity index (χ4n) is 0.576. The van der Waals surface area contributed by atoms with E-state index in [4.69, 9.17) is 11.6 Å². The number of hydrazine groups is 1. The fourth-order valence-corrected chi connectivity index (χ4v) is 0.576. The summed E-state index contributed by atoms with van der Waals surface area (Å²) in [6.45, 7) is 4.67. The smallest absolute Gasteiger partial charge is 0.241 e. The van der Waals surface area contributed by atoms with E-state index in [1.165, 1.54) is 0 Å². The molecule has 0 unspecified atom stereocenters. The van der Waals surface area contributed by atoms with E-state index in [1.54, 1.807) is 0 Å². The zero-order valence-electron chi connectivity index (χ0n) is 8.00. The summed E-state index contributed by atoms with van der Waals surface area (Å²) in [6.07, 6.45) is 0. The Morgan fingerprint density at radius 2 is 2.15 bits per heavy atom. The Labute approximate surface area is 77.7 Å². The average Bonchev–Trinajstić information content (AvgIpc) is 2.10. The minimum Gasteiger partial charge on any atom is -0.369 e. The molecule has 0 aromatic heterocycles. The number of nitrogens with two attached hydrogens (primary N) is 2. The van der Waals surface area contributed by atoms with Crippen LogP contribution in [0.25, 0.3) is 0 Å². The summed E-state index contributed by atoms with van der Waals surface area (Å²) in [5.41, 5.74) is 7.34. The van der Waals surface area contributed by atoms with Crippen LogP contribution in [0.1, 0.15) is 13.8 Å². The molecule has 0 aliphatic carbocycles. The first kappa shape index (κ1) is 11.7. The lowest BCUT2D eigenvalue weighted by Crippen LogP contribution is -2.38. The number of aliphatic imine (C=N–C) groups is 1. The zero-order valence-corrected chi connectivity index (χ0v) is 8.00. The van der Waals surface area contributed by atoms with Gasteiger partial charge >= 0.3 is 0 Å². The Kier molecular flexibility index (Phi) is 5.62. The first-order valence-corrected chi connectivity index (χ1v) is 4.09. The van der Waals surface area contributed by atoms with Crippen molar-refractivity contribution in [2.24, 2.45) is 22.5 Å². The third-order valence-corrected chi connectivity index (χ3v) is 1.25. The van der Waals surface area contributed by atoms with E-state index in [1.807, 2.05) is 13.8 Å². The molecule has 0 radical (unpaired) electrons. The lowest BCUT2D eigenvalue weighted by molar-refractivity contribution is -0.119. The summed E-state index contributed by atoms with van der Waals surface area (Å²) in [7, 11) is 0. The molecule has 0 spiro atoms. The Morgan fingerprint density at radius 1 is 1.54 bits per heavy atom. The van der Waals surface area contributed by atoms with Gasteiger partial charge in [0.2, 0.25) is 11.9 Å². The van der Waals surface area contributed by atoms with Crippen molar-refractivity contribution in [3.63, 3.8) is 0 Å². The topological polar surface area (TPSA) is 106 Å². The van der Waals surface area contributed by atoms with Gasteiger partial charge in [-0.3, -0.25) is 10.2 Å². The van der Waals surface area contributed by atoms with Gasteiger partial charge in [-0.2, -0.15) is 0 Å². The van der Waals surface area contributed by atoms with E-state index in [0.29, 0.717) is 12.5 Å². The standard InChI is InChI=1S/C7H17N5O/c1-5(2)3-10-6(13)4-11-7(8)12-9/h5H,3-4,9H2,1-2H3,(H,10,13)(H3,8,11,12). The van der Waals surface area contributed by atoms with Gasteiger partial charge in [-0.1, -0.05) is 13.8 Å². The quantitative estimate of drug-likeness (QED) is 0.187. The number of hydrogen-bond donors (Lipinski definition) is 4. The summed E-state index contributed by atoms with van der Waals surface area (Å²) < 4.78 is 0. The summed E-state index contributed by atoms with van der Waals surface area (Å²) >= 11 is 0. The molecule has 6 heteroatoms.